The SMILES string of the molecule is CCNC(c1cc(Cl)c(OC)cc1Cl)C1COCCO1. The highest BCUT2D eigenvalue weighted by atomic mass is 35.5. The van der Waals surface area contributed by atoms with Crippen LogP contribution in [0.15, 0.2) is 12.1 Å². The highest BCUT2D eigenvalue weighted by molar-refractivity contribution is 6.34. The Balaban J connectivity index is 2.30. The normalized spacial score (nSPS) is 20.7. The van der Waals surface area contributed by atoms with E-state index >= 15 is 0 Å². The Labute approximate surface area is 129 Å². The van der Waals surface area contributed by atoms with E-state index in [0.29, 0.717) is 35.6 Å². The fourth-order valence-corrected chi connectivity index (χ4v) is 2.82. The van der Waals surface area contributed by atoms with Gasteiger partial charge < -0.3 is 19.5 Å². The molecule has 0 radical (unpaired) electrons. The molecular formula is C14H19Cl2NO3. The second kappa shape index (κ2) is 7.48. The van der Waals surface area contributed by atoms with Crippen LogP contribution in [0.4, 0.5) is 0 Å². The third-order valence-corrected chi connectivity index (χ3v) is 3.87. The van der Waals surface area contributed by atoms with Crippen molar-refractivity contribution in [2.24, 2.45) is 0 Å². The lowest BCUT2D eigenvalue weighted by Gasteiger charge is -2.32. The van der Waals surface area contributed by atoms with Gasteiger partial charge in [0.15, 0.2) is 0 Å². The maximum absolute atomic E-state index is 6.35. The second-order valence-electron chi connectivity index (χ2n) is 4.53. The van der Waals surface area contributed by atoms with Crippen molar-refractivity contribution in [1.29, 1.82) is 0 Å². The molecule has 1 fully saturated rings. The summed E-state index contributed by atoms with van der Waals surface area (Å²) < 4.78 is 16.4. The zero-order valence-electron chi connectivity index (χ0n) is 11.6. The molecule has 0 saturated carbocycles. The Hall–Kier alpha value is -0.520. The van der Waals surface area contributed by atoms with Crippen LogP contribution in [0.2, 0.25) is 10.0 Å². The van der Waals surface area contributed by atoms with Crippen LogP contribution in [0.5, 0.6) is 5.75 Å². The Kier molecular flexibility index (Phi) is 5.93. The van der Waals surface area contributed by atoms with Crippen LogP contribution in [-0.4, -0.2) is 39.6 Å². The predicted molar refractivity (Wildman–Crippen MR) is 80.0 cm³/mol. The number of methoxy groups -OCH3 is 1. The number of nitrogens with one attached hydrogen (secondary N) is 1. The quantitative estimate of drug-likeness (QED) is 0.905. The highest BCUT2D eigenvalue weighted by Gasteiger charge is 2.28. The molecule has 0 amide bonds. The molecule has 0 bridgehead atoms. The van der Waals surface area contributed by atoms with Crippen molar-refractivity contribution in [3.05, 3.63) is 27.7 Å². The molecule has 2 rings (SSSR count). The fourth-order valence-electron chi connectivity index (χ4n) is 2.30. The first-order chi connectivity index (χ1) is 9.67. The largest absolute Gasteiger partial charge is 0.495 e. The van der Waals surface area contributed by atoms with Crippen molar-refractivity contribution >= 4 is 23.2 Å². The van der Waals surface area contributed by atoms with Crippen LogP contribution < -0.4 is 10.1 Å². The summed E-state index contributed by atoms with van der Waals surface area (Å²) in [5, 5.41) is 4.52. The van der Waals surface area contributed by atoms with Crippen LogP contribution in [0, 0.1) is 0 Å². The van der Waals surface area contributed by atoms with E-state index in [2.05, 4.69) is 5.32 Å². The first-order valence-electron chi connectivity index (χ1n) is 6.63. The van der Waals surface area contributed by atoms with Gasteiger partial charge in [-0.05, 0) is 18.2 Å². The number of likely N-dealkylation sites (N-methyl/N-ethyl adjacent to an activating group) is 1. The van der Waals surface area contributed by atoms with Crippen molar-refractivity contribution in [2.75, 3.05) is 33.5 Å². The van der Waals surface area contributed by atoms with Crippen molar-refractivity contribution in [2.45, 2.75) is 19.1 Å². The van der Waals surface area contributed by atoms with Gasteiger partial charge >= 0.3 is 0 Å². The van der Waals surface area contributed by atoms with E-state index in [0.717, 1.165) is 12.1 Å². The number of rotatable bonds is 5. The fraction of sp³-hybridized carbons (Fsp3) is 0.571. The topological polar surface area (TPSA) is 39.7 Å². The maximum Gasteiger partial charge on any atom is 0.138 e. The molecule has 2 atom stereocenters. The Morgan fingerprint density at radius 2 is 2.15 bits per heavy atom. The molecule has 1 aromatic carbocycles. The van der Waals surface area contributed by atoms with Crippen LogP contribution >= 0.6 is 23.2 Å². The molecule has 6 heteroatoms. The van der Waals surface area contributed by atoms with E-state index in [1.807, 2.05) is 13.0 Å². The molecule has 0 spiro atoms. The summed E-state index contributed by atoms with van der Waals surface area (Å²) in [6.07, 6.45) is -0.0781. The smallest absolute Gasteiger partial charge is 0.138 e. The van der Waals surface area contributed by atoms with Gasteiger partial charge in [-0.2, -0.15) is 0 Å². The first kappa shape index (κ1) is 15.9. The molecule has 1 aliphatic heterocycles. The van der Waals surface area contributed by atoms with Gasteiger partial charge in [-0.1, -0.05) is 30.1 Å². The van der Waals surface area contributed by atoms with Crippen LogP contribution in [-0.2, 0) is 9.47 Å². The van der Waals surface area contributed by atoms with Gasteiger partial charge in [-0.15, -0.1) is 0 Å². The van der Waals surface area contributed by atoms with Gasteiger partial charge in [0.1, 0.15) is 11.9 Å². The summed E-state index contributed by atoms with van der Waals surface area (Å²) in [7, 11) is 1.57. The van der Waals surface area contributed by atoms with Crippen molar-refractivity contribution in [3.63, 3.8) is 0 Å². The van der Waals surface area contributed by atoms with Gasteiger partial charge in [0.25, 0.3) is 0 Å². The van der Waals surface area contributed by atoms with Gasteiger partial charge in [0.05, 0.1) is 38.0 Å². The Morgan fingerprint density at radius 3 is 2.75 bits per heavy atom. The lowest BCUT2D eigenvalue weighted by molar-refractivity contribution is -0.102. The number of hydrogen-bond acceptors (Lipinski definition) is 4. The van der Waals surface area contributed by atoms with Crippen molar-refractivity contribution < 1.29 is 14.2 Å². The Morgan fingerprint density at radius 1 is 1.35 bits per heavy atom. The number of benzene rings is 1. The molecule has 0 aliphatic carbocycles. The van der Waals surface area contributed by atoms with E-state index in [1.165, 1.54) is 0 Å². The predicted octanol–water partition coefficient (Wildman–Crippen LogP) is 3.07. The average Bonchev–Trinajstić information content (AvgIpc) is 2.48. The molecule has 4 nitrogen and oxygen atoms in total. The Bertz CT molecular complexity index is 450. The summed E-state index contributed by atoms with van der Waals surface area (Å²) in [6, 6.07) is 3.50. The minimum Gasteiger partial charge on any atom is -0.495 e. The van der Waals surface area contributed by atoms with E-state index in [9.17, 15) is 0 Å². The first-order valence-corrected chi connectivity index (χ1v) is 7.38. The van der Waals surface area contributed by atoms with Crippen LogP contribution in [0.25, 0.3) is 0 Å². The van der Waals surface area contributed by atoms with Crippen LogP contribution in [0.1, 0.15) is 18.5 Å². The highest BCUT2D eigenvalue weighted by Crippen LogP contribution is 2.35. The van der Waals surface area contributed by atoms with E-state index in [-0.39, 0.29) is 12.1 Å². The lowest BCUT2D eigenvalue weighted by atomic mass is 10.0. The van der Waals surface area contributed by atoms with E-state index in [1.54, 1.807) is 13.2 Å². The van der Waals surface area contributed by atoms with Crippen LogP contribution in [0.3, 0.4) is 0 Å². The molecule has 1 aliphatic rings. The molecule has 20 heavy (non-hydrogen) atoms. The van der Waals surface area contributed by atoms with E-state index in [4.69, 9.17) is 37.4 Å². The number of hydrogen-bond donors (Lipinski definition) is 1. The summed E-state index contributed by atoms with van der Waals surface area (Å²) >= 11 is 12.6. The minimum atomic E-state index is -0.0781. The van der Waals surface area contributed by atoms with Gasteiger partial charge in [0.2, 0.25) is 0 Å². The summed E-state index contributed by atoms with van der Waals surface area (Å²) in [6.45, 7) is 4.60. The molecule has 112 valence electrons. The van der Waals surface area contributed by atoms with Crippen molar-refractivity contribution in [3.8, 4) is 5.75 Å². The average molecular weight is 320 g/mol. The van der Waals surface area contributed by atoms with Gasteiger partial charge in [0, 0.05) is 11.1 Å². The minimum absolute atomic E-state index is 0.0591. The molecule has 1 saturated heterocycles. The monoisotopic (exact) mass is 319 g/mol. The van der Waals surface area contributed by atoms with Gasteiger partial charge in [-0.3, -0.25) is 0 Å². The van der Waals surface area contributed by atoms with E-state index < -0.39 is 0 Å². The maximum atomic E-state index is 6.35. The molecular weight excluding hydrogens is 301 g/mol. The molecule has 1 aromatic rings. The third kappa shape index (κ3) is 3.57. The third-order valence-electron chi connectivity index (χ3n) is 3.24. The summed E-state index contributed by atoms with van der Waals surface area (Å²) in [5.41, 5.74) is 0.898. The standard InChI is InChI=1S/C14H19Cl2NO3/c1-3-17-14(13-8-19-4-5-20-13)9-6-11(16)12(18-2)7-10(9)15/h6-7,13-14,17H,3-5,8H2,1-2H3. The van der Waals surface area contributed by atoms with Crippen molar-refractivity contribution in [1.82, 2.24) is 5.32 Å². The summed E-state index contributed by atoms with van der Waals surface area (Å²) in [4.78, 5) is 0. The zero-order chi connectivity index (χ0) is 14.5. The molecule has 1 N–H and O–H groups in total. The summed E-state index contributed by atoms with van der Waals surface area (Å²) in [5.74, 6) is 0.566. The zero-order valence-corrected chi connectivity index (χ0v) is 13.1. The molecule has 2 unspecified atom stereocenters. The lowest BCUT2D eigenvalue weighted by Crippen LogP contribution is -2.40. The molecule has 1 heterocycles. The molecule has 0 aromatic heterocycles. The van der Waals surface area contributed by atoms with Gasteiger partial charge in [-0.25, -0.2) is 0 Å². The number of halogens is 2. The second-order valence-corrected chi connectivity index (χ2v) is 5.34. The number of ether oxygens (including phenoxy) is 3.